The average Bonchev–Trinajstić information content (AvgIpc) is 4.10. The molecule has 0 spiro atoms. The predicted molar refractivity (Wildman–Crippen MR) is 307 cm³/mol. The smallest absolute Gasteiger partial charge is 0.216 e. The number of carbonyl (C=O) groups is 1. The topological polar surface area (TPSA) is 83.9 Å². The van der Waals surface area contributed by atoms with Crippen LogP contribution in [0.25, 0.3) is 0 Å². The number of pyridine rings is 1. The standard InChI is InChI=1S/C9H12O.C8H10.C7H7Cl.C7H9N.C7H14.C6H13N.C4H9NO.C3H8O.C3H6.C2H6O.C2H6.2CH4/c1-3-8-4-6-9(10-2)7-5-8;1-2-8-6-4-3-5-7-8;1-6-3-2-4-7(8)5-6;1-2-7-5-3-4-6-8-7;2*1-2-7-5-3-4-6-7;1-3-5-4(2)6;1-3-4-2;1-3-2;1-2-3;1-2;;/h4-7H,3H2,1-2H3;3-7H,2H2,1H3;2-5H,1H3;3-6H,2H2,1H3;7H,2-6H2,1H3;2-6H2,1H3;3H2,1-2H3,(H,5,6);3H2,1-2H3;3H,1H2,2H3;3H,2H2,1H3;1-2H3;2*1H4. The molecule has 0 unspecified atom stereocenters. The van der Waals surface area contributed by atoms with E-state index in [2.05, 4.69) is 97.5 Å². The Morgan fingerprint density at radius 3 is 1.51 bits per heavy atom. The normalized spacial score (nSPS) is 11.1. The summed E-state index contributed by atoms with van der Waals surface area (Å²) in [6.45, 7) is 35.0. The molecule has 1 amide bonds. The number of allylic oxidation sites excluding steroid dienone is 1. The molecule has 2 fully saturated rings. The minimum absolute atomic E-state index is 0. The zero-order chi connectivity index (χ0) is 51.1. The van der Waals surface area contributed by atoms with Gasteiger partial charge in [-0.25, -0.2) is 0 Å². The Morgan fingerprint density at radius 2 is 1.26 bits per heavy atom. The van der Waals surface area contributed by atoms with E-state index in [1.807, 2.05) is 108 Å². The number of aliphatic hydroxyl groups excluding tert-OH is 1. The van der Waals surface area contributed by atoms with Crippen molar-refractivity contribution >= 4 is 17.5 Å². The van der Waals surface area contributed by atoms with Gasteiger partial charge in [-0.1, -0.05) is 174 Å². The molecule has 4 aromatic rings. The van der Waals surface area contributed by atoms with Crippen LogP contribution in [0.15, 0.2) is 116 Å². The summed E-state index contributed by atoms with van der Waals surface area (Å²) in [5.41, 5.74) is 5.12. The van der Waals surface area contributed by atoms with Gasteiger partial charge in [0, 0.05) is 50.7 Å². The van der Waals surface area contributed by atoms with Crippen LogP contribution < -0.4 is 10.1 Å². The van der Waals surface area contributed by atoms with E-state index in [0.717, 1.165) is 54.8 Å². The fourth-order valence-electron chi connectivity index (χ4n) is 5.55. The Hall–Kier alpha value is -4.01. The molecule has 0 atom stereocenters. The second kappa shape index (κ2) is 65.1. The lowest BCUT2D eigenvalue weighted by Crippen LogP contribution is -2.18. The van der Waals surface area contributed by atoms with Crippen LogP contribution in [-0.2, 0) is 28.8 Å². The molecule has 68 heavy (non-hydrogen) atoms. The van der Waals surface area contributed by atoms with E-state index in [-0.39, 0.29) is 27.4 Å². The van der Waals surface area contributed by atoms with Crippen molar-refractivity contribution in [2.24, 2.45) is 5.92 Å². The second-order valence-electron chi connectivity index (χ2n) is 14.6. The zero-order valence-electron chi connectivity index (χ0n) is 44.9. The zero-order valence-corrected chi connectivity index (χ0v) is 45.7. The third-order valence-electron chi connectivity index (χ3n) is 9.30. The molecule has 0 radical (unpaired) electrons. The van der Waals surface area contributed by atoms with Gasteiger partial charge in [0.1, 0.15) is 5.75 Å². The van der Waals surface area contributed by atoms with E-state index in [0.29, 0.717) is 0 Å². The maximum atomic E-state index is 9.93. The summed E-state index contributed by atoms with van der Waals surface area (Å²) in [4.78, 5) is 16.5. The quantitative estimate of drug-likeness (QED) is 0.171. The number of carbonyl (C=O) groups excluding carboxylic acids is 1. The number of benzene rings is 3. The van der Waals surface area contributed by atoms with Gasteiger partial charge in [0.2, 0.25) is 5.91 Å². The molecule has 1 saturated carbocycles. The van der Waals surface area contributed by atoms with Crippen molar-refractivity contribution in [2.45, 2.75) is 169 Å². The molecule has 2 heterocycles. The number of amides is 1. The van der Waals surface area contributed by atoms with E-state index in [1.54, 1.807) is 27.2 Å². The number of nitrogens with one attached hydrogen (secondary N) is 1. The fourth-order valence-corrected chi connectivity index (χ4v) is 5.80. The maximum Gasteiger partial charge on any atom is 0.216 e. The summed E-state index contributed by atoms with van der Waals surface area (Å²) in [5, 5.41) is 10.9. The lowest BCUT2D eigenvalue weighted by molar-refractivity contribution is -0.118. The molecule has 1 aromatic heterocycles. The lowest BCUT2D eigenvalue weighted by Gasteiger charge is -2.08. The first-order valence-corrected chi connectivity index (χ1v) is 25.2. The molecule has 0 bridgehead atoms. The van der Waals surface area contributed by atoms with Crippen LogP contribution in [0.3, 0.4) is 0 Å². The van der Waals surface area contributed by atoms with Gasteiger partial charge in [0.05, 0.1) is 7.11 Å². The number of aliphatic hydroxyl groups is 1. The van der Waals surface area contributed by atoms with Gasteiger partial charge < -0.3 is 24.8 Å². The number of rotatable bonds is 8. The minimum atomic E-state index is 0. The highest BCUT2D eigenvalue weighted by atomic mass is 35.5. The number of ether oxygens (including phenoxy) is 2. The van der Waals surface area contributed by atoms with Crippen molar-refractivity contribution in [3.63, 3.8) is 0 Å². The van der Waals surface area contributed by atoms with Crippen molar-refractivity contribution in [3.05, 3.63) is 143 Å². The molecule has 1 aliphatic heterocycles. The van der Waals surface area contributed by atoms with E-state index >= 15 is 0 Å². The highest BCUT2D eigenvalue weighted by Crippen LogP contribution is 2.26. The maximum absolute atomic E-state index is 9.93. The monoisotopic (exact) mass is 970 g/mol. The Kier molecular flexibility index (Phi) is 74.8. The highest BCUT2D eigenvalue weighted by Gasteiger charge is 2.11. The summed E-state index contributed by atoms with van der Waals surface area (Å²) in [5.74, 6) is 2.06. The summed E-state index contributed by atoms with van der Waals surface area (Å²) in [7, 11) is 3.36. The third kappa shape index (κ3) is 60.0. The fraction of sp³-hybridized carbons (Fsp3) is 0.567. The number of aryl methyl sites for hydroxylation is 4. The van der Waals surface area contributed by atoms with Gasteiger partial charge in [-0.3, -0.25) is 9.78 Å². The average molecular weight is 971 g/mol. The largest absolute Gasteiger partial charge is 0.497 e. The van der Waals surface area contributed by atoms with Gasteiger partial charge in [0.15, 0.2) is 0 Å². The van der Waals surface area contributed by atoms with Gasteiger partial charge in [-0.05, 0) is 145 Å². The van der Waals surface area contributed by atoms with E-state index in [4.69, 9.17) is 21.4 Å². The summed E-state index contributed by atoms with van der Waals surface area (Å²) in [6, 6.07) is 32.3. The third-order valence-corrected chi connectivity index (χ3v) is 9.53. The molecule has 8 heteroatoms. The first-order chi connectivity index (χ1) is 31.9. The molecule has 2 N–H and O–H groups in total. The van der Waals surface area contributed by atoms with Crippen molar-refractivity contribution in [2.75, 3.05) is 53.6 Å². The molecule has 1 aliphatic carbocycles. The lowest BCUT2D eigenvalue weighted by atomic mass is 10.1. The molecule has 1 saturated heterocycles. The first-order valence-electron chi connectivity index (χ1n) is 24.8. The molecule has 3 aromatic carbocycles. The van der Waals surface area contributed by atoms with Crippen LogP contribution in [0.1, 0.15) is 165 Å². The van der Waals surface area contributed by atoms with Crippen LogP contribution in [-0.4, -0.2) is 74.5 Å². The highest BCUT2D eigenvalue weighted by molar-refractivity contribution is 6.30. The Labute approximate surface area is 427 Å². The van der Waals surface area contributed by atoms with E-state index in [1.165, 1.54) is 88.2 Å². The van der Waals surface area contributed by atoms with Crippen LogP contribution in [0.2, 0.25) is 5.02 Å². The van der Waals surface area contributed by atoms with Gasteiger partial charge >= 0.3 is 0 Å². The second-order valence-corrected chi connectivity index (χ2v) is 15.0. The summed E-state index contributed by atoms with van der Waals surface area (Å²) < 4.78 is 9.56. The van der Waals surface area contributed by atoms with Crippen molar-refractivity contribution < 1.29 is 19.4 Å². The Morgan fingerprint density at radius 1 is 0.779 bits per heavy atom. The molecular weight excluding hydrogens is 862 g/mol. The number of likely N-dealkylation sites (tertiary alicyclic amines) is 1. The van der Waals surface area contributed by atoms with Crippen LogP contribution in [0, 0.1) is 12.8 Å². The van der Waals surface area contributed by atoms with Gasteiger partial charge in [0.25, 0.3) is 0 Å². The summed E-state index contributed by atoms with van der Waals surface area (Å²) in [6.07, 6.45) is 17.1. The number of hydrogen-bond donors (Lipinski definition) is 2. The van der Waals surface area contributed by atoms with Crippen LogP contribution in [0.4, 0.5) is 0 Å². The number of nitrogens with zero attached hydrogens (tertiary/aromatic N) is 2. The van der Waals surface area contributed by atoms with Crippen molar-refractivity contribution in [1.29, 1.82) is 0 Å². The number of aromatic nitrogens is 1. The summed E-state index contributed by atoms with van der Waals surface area (Å²) >= 11 is 5.64. The number of halogens is 1. The van der Waals surface area contributed by atoms with Crippen molar-refractivity contribution in [3.8, 4) is 5.75 Å². The minimum Gasteiger partial charge on any atom is -0.497 e. The van der Waals surface area contributed by atoms with Crippen LogP contribution >= 0.6 is 11.6 Å². The Balaban J connectivity index is -0.000000123. The molecule has 6 rings (SSSR count). The van der Waals surface area contributed by atoms with Crippen LogP contribution in [0.5, 0.6) is 5.75 Å². The SMILES string of the molecule is C.C.C=CC.CC.CCC1CCCC1.CCN1CCCC1.CCNC(C)=O.CCO.CCOC.CCc1ccc(OC)cc1.CCc1ccccc1.CCc1ccccn1.Cc1cccc(Cl)c1. The van der Waals surface area contributed by atoms with Gasteiger partial charge in [-0.15, -0.1) is 6.58 Å². The molecule has 7 nitrogen and oxygen atoms in total. The van der Waals surface area contributed by atoms with E-state index < -0.39 is 0 Å². The number of hydrogen-bond acceptors (Lipinski definition) is 6. The first kappa shape index (κ1) is 78.2. The van der Waals surface area contributed by atoms with Crippen molar-refractivity contribution in [1.82, 2.24) is 15.2 Å². The van der Waals surface area contributed by atoms with Gasteiger partial charge in [-0.2, -0.15) is 0 Å². The number of methoxy groups -OCH3 is 2. The molecular formula is C60H108ClN3O4. The van der Waals surface area contributed by atoms with E-state index in [9.17, 15) is 4.79 Å². The predicted octanol–water partition coefficient (Wildman–Crippen LogP) is 16.8. The molecule has 2 aliphatic rings. The Bertz CT molecular complexity index is 1400. The molecule has 394 valence electrons.